The van der Waals surface area contributed by atoms with Gasteiger partial charge in [-0.3, -0.25) is 14.7 Å². The first-order chi connectivity index (χ1) is 10.6. The van der Waals surface area contributed by atoms with Gasteiger partial charge in [-0.25, -0.2) is 4.68 Å². The minimum absolute atomic E-state index is 0.0596. The first-order valence-corrected chi connectivity index (χ1v) is 7.29. The molecule has 0 unspecified atom stereocenters. The number of amides is 1. The molecular weight excluding hydrogens is 320 g/mol. The van der Waals surface area contributed by atoms with E-state index in [4.69, 9.17) is 18.0 Å². The molecule has 112 valence electrons. The fourth-order valence-corrected chi connectivity index (χ4v) is 2.13. The monoisotopic (exact) mass is 332 g/mol. The molecular formula is C15H13ClN4OS. The molecule has 0 aliphatic rings. The zero-order valence-corrected chi connectivity index (χ0v) is 13.3. The van der Waals surface area contributed by atoms with Crippen LogP contribution in [0, 0.1) is 12.3 Å². The molecule has 1 amide bonds. The van der Waals surface area contributed by atoms with Crippen molar-refractivity contribution in [3.63, 3.8) is 0 Å². The molecule has 0 saturated heterocycles. The summed E-state index contributed by atoms with van der Waals surface area (Å²) in [5, 5.41) is 4.35. The van der Waals surface area contributed by atoms with Crippen LogP contribution in [-0.2, 0) is 4.79 Å². The second kappa shape index (κ2) is 7.16. The molecule has 0 aliphatic heterocycles. The molecule has 2 aromatic rings. The maximum absolute atomic E-state index is 12.3. The number of pyridine rings is 1. The van der Waals surface area contributed by atoms with E-state index in [1.54, 1.807) is 24.7 Å². The zero-order chi connectivity index (χ0) is 16.1. The summed E-state index contributed by atoms with van der Waals surface area (Å²) in [6.07, 6.45) is 10.3. The van der Waals surface area contributed by atoms with Crippen LogP contribution in [0.3, 0.4) is 0 Å². The highest BCUT2D eigenvalue weighted by Gasteiger charge is 2.22. The summed E-state index contributed by atoms with van der Waals surface area (Å²) in [4.78, 5) is 17.7. The Morgan fingerprint density at radius 3 is 2.95 bits per heavy atom. The number of carbonyl (C=O) groups is 1. The summed E-state index contributed by atoms with van der Waals surface area (Å²) in [6.45, 7) is 3.74. The number of thiol groups is 1. The maximum atomic E-state index is 12.3. The number of nitrogens with zero attached hydrogens (tertiary/aromatic N) is 4. The summed E-state index contributed by atoms with van der Waals surface area (Å²) >= 11 is 10.2. The lowest BCUT2D eigenvalue weighted by Gasteiger charge is -2.19. The fraction of sp³-hybridized carbons (Fsp3) is 0.133. The second-order valence-corrected chi connectivity index (χ2v) is 4.99. The van der Waals surface area contributed by atoms with Gasteiger partial charge in [0.2, 0.25) is 0 Å². The van der Waals surface area contributed by atoms with Crippen LogP contribution >= 0.6 is 24.2 Å². The van der Waals surface area contributed by atoms with E-state index in [1.165, 1.54) is 9.58 Å². The quantitative estimate of drug-likeness (QED) is 0.519. The molecule has 0 fully saturated rings. The van der Waals surface area contributed by atoms with Crippen molar-refractivity contribution in [3.05, 3.63) is 48.0 Å². The highest BCUT2D eigenvalue weighted by atomic mass is 35.5. The molecule has 2 heterocycles. The van der Waals surface area contributed by atoms with E-state index < -0.39 is 0 Å². The van der Waals surface area contributed by atoms with Crippen LogP contribution in [0.4, 0.5) is 5.69 Å². The molecule has 0 aliphatic carbocycles. The number of rotatable bonds is 5. The lowest BCUT2D eigenvalue weighted by Crippen LogP contribution is -2.32. The summed E-state index contributed by atoms with van der Waals surface area (Å²) < 4.78 is 1.53. The van der Waals surface area contributed by atoms with Crippen molar-refractivity contribution in [2.45, 2.75) is 0 Å². The van der Waals surface area contributed by atoms with Gasteiger partial charge in [0, 0.05) is 17.5 Å². The van der Waals surface area contributed by atoms with Gasteiger partial charge in [-0.2, -0.15) is 17.7 Å². The normalized spacial score (nSPS) is 10.0. The van der Waals surface area contributed by atoms with E-state index >= 15 is 0 Å². The van der Waals surface area contributed by atoms with Crippen molar-refractivity contribution < 1.29 is 4.79 Å². The van der Waals surface area contributed by atoms with Gasteiger partial charge in [0.05, 0.1) is 24.6 Å². The van der Waals surface area contributed by atoms with E-state index in [1.807, 2.05) is 6.07 Å². The van der Waals surface area contributed by atoms with Crippen molar-refractivity contribution in [3.8, 4) is 18.0 Å². The van der Waals surface area contributed by atoms with Gasteiger partial charge >= 0.3 is 0 Å². The molecule has 0 aromatic carbocycles. The SMILES string of the molecule is C#CCN(C(=O)C(=C)CS)c1cn(-c2cccnc2)nc1Cl. The van der Waals surface area contributed by atoms with Crippen LogP contribution in [0.5, 0.6) is 0 Å². The molecule has 2 aromatic heterocycles. The Hall–Kier alpha value is -2.23. The maximum Gasteiger partial charge on any atom is 0.255 e. The number of carbonyl (C=O) groups excluding carboxylic acids is 1. The highest BCUT2D eigenvalue weighted by molar-refractivity contribution is 7.80. The number of hydrogen-bond donors (Lipinski definition) is 1. The molecule has 0 saturated carbocycles. The third-order valence-corrected chi connectivity index (χ3v) is 3.49. The molecule has 0 radical (unpaired) electrons. The first kappa shape index (κ1) is 16.1. The smallest absolute Gasteiger partial charge is 0.255 e. The largest absolute Gasteiger partial charge is 0.293 e. The van der Waals surface area contributed by atoms with Crippen LogP contribution in [0.25, 0.3) is 5.69 Å². The van der Waals surface area contributed by atoms with Gasteiger partial charge in [0.25, 0.3) is 5.91 Å². The van der Waals surface area contributed by atoms with E-state index in [0.29, 0.717) is 11.3 Å². The van der Waals surface area contributed by atoms with Crippen LogP contribution in [0.2, 0.25) is 5.15 Å². The Morgan fingerprint density at radius 2 is 2.36 bits per heavy atom. The molecule has 5 nitrogen and oxygen atoms in total. The summed E-state index contributed by atoms with van der Waals surface area (Å²) in [5.74, 6) is 2.33. The highest BCUT2D eigenvalue weighted by Crippen LogP contribution is 2.26. The molecule has 22 heavy (non-hydrogen) atoms. The standard InChI is InChI=1S/C15H13ClN4OS/c1-3-7-19(15(21)11(2)10-22)13-9-20(18-14(13)16)12-5-4-6-17-8-12/h1,4-6,8-9,22H,2,7,10H2. The molecule has 0 bridgehead atoms. The van der Waals surface area contributed by atoms with Crippen molar-refractivity contribution in [1.29, 1.82) is 0 Å². The minimum atomic E-state index is -0.333. The lowest BCUT2D eigenvalue weighted by molar-refractivity contribution is -0.114. The third-order valence-electron chi connectivity index (χ3n) is 2.84. The lowest BCUT2D eigenvalue weighted by atomic mass is 10.2. The van der Waals surface area contributed by atoms with Crippen molar-refractivity contribution in [2.75, 3.05) is 17.2 Å². The first-order valence-electron chi connectivity index (χ1n) is 6.28. The number of terminal acetylenes is 1. The van der Waals surface area contributed by atoms with Crippen molar-refractivity contribution in [2.24, 2.45) is 0 Å². The van der Waals surface area contributed by atoms with Gasteiger partial charge in [0.15, 0.2) is 5.15 Å². The molecule has 0 atom stereocenters. The van der Waals surface area contributed by atoms with Crippen LogP contribution in [0.15, 0.2) is 42.9 Å². The van der Waals surface area contributed by atoms with Gasteiger partial charge in [-0.15, -0.1) is 6.42 Å². The Balaban J connectivity index is 2.41. The molecule has 7 heteroatoms. The molecule has 0 spiro atoms. The summed E-state index contributed by atoms with van der Waals surface area (Å²) in [6, 6.07) is 3.60. The van der Waals surface area contributed by atoms with Crippen molar-refractivity contribution >= 4 is 35.8 Å². The second-order valence-electron chi connectivity index (χ2n) is 4.32. The Bertz CT molecular complexity index is 736. The van der Waals surface area contributed by atoms with Gasteiger partial charge in [0.1, 0.15) is 5.69 Å². The number of anilines is 1. The zero-order valence-electron chi connectivity index (χ0n) is 11.6. The Kier molecular flexibility index (Phi) is 5.26. The van der Waals surface area contributed by atoms with Crippen LogP contribution in [0.1, 0.15) is 0 Å². The number of hydrogen-bond acceptors (Lipinski definition) is 4. The average Bonchev–Trinajstić information content (AvgIpc) is 2.93. The topological polar surface area (TPSA) is 51.0 Å². The van der Waals surface area contributed by atoms with E-state index in [2.05, 4.69) is 35.2 Å². The summed E-state index contributed by atoms with van der Waals surface area (Å²) in [7, 11) is 0. The van der Waals surface area contributed by atoms with E-state index in [-0.39, 0.29) is 23.4 Å². The average molecular weight is 333 g/mol. The minimum Gasteiger partial charge on any atom is -0.293 e. The predicted octanol–water partition coefficient (Wildman–Crippen LogP) is 2.37. The van der Waals surface area contributed by atoms with Crippen LogP contribution in [-0.4, -0.2) is 33.0 Å². The van der Waals surface area contributed by atoms with Gasteiger partial charge < -0.3 is 0 Å². The third kappa shape index (κ3) is 3.32. The van der Waals surface area contributed by atoms with Gasteiger partial charge in [-0.05, 0) is 12.1 Å². The van der Waals surface area contributed by atoms with Gasteiger partial charge in [-0.1, -0.05) is 24.1 Å². The Labute approximate surface area is 139 Å². The van der Waals surface area contributed by atoms with Crippen LogP contribution < -0.4 is 4.90 Å². The van der Waals surface area contributed by atoms with E-state index in [9.17, 15) is 4.79 Å². The molecule has 0 N–H and O–H groups in total. The van der Waals surface area contributed by atoms with Crippen molar-refractivity contribution in [1.82, 2.24) is 14.8 Å². The summed E-state index contributed by atoms with van der Waals surface area (Å²) in [5.41, 5.74) is 1.46. The number of halogens is 1. The fourth-order valence-electron chi connectivity index (χ4n) is 1.76. The molecule has 2 rings (SSSR count). The number of aromatic nitrogens is 3. The Morgan fingerprint density at radius 1 is 1.59 bits per heavy atom. The van der Waals surface area contributed by atoms with E-state index in [0.717, 1.165) is 5.69 Å². The predicted molar refractivity (Wildman–Crippen MR) is 90.5 cm³/mol.